The molecule has 0 saturated carbocycles. The lowest BCUT2D eigenvalue weighted by atomic mass is 10.0. The first-order valence-electron chi connectivity index (χ1n) is 5.63. The van der Waals surface area contributed by atoms with Crippen LogP contribution in [0.1, 0.15) is 22.3 Å². The molecular formula is C13H14BrFN2S. The van der Waals surface area contributed by atoms with E-state index >= 15 is 0 Å². The summed E-state index contributed by atoms with van der Waals surface area (Å²) in [4.78, 5) is 4.44. The summed E-state index contributed by atoms with van der Waals surface area (Å²) in [5, 5.41) is 6.31. The zero-order valence-corrected chi connectivity index (χ0v) is 12.6. The second-order valence-corrected chi connectivity index (χ2v) is 5.99. The zero-order chi connectivity index (χ0) is 13.1. The van der Waals surface area contributed by atoms with Crippen LogP contribution < -0.4 is 5.32 Å². The molecule has 2 nitrogen and oxygen atoms in total. The molecule has 0 radical (unpaired) electrons. The number of rotatable bonds is 4. The van der Waals surface area contributed by atoms with Gasteiger partial charge in [0.05, 0.1) is 15.2 Å². The summed E-state index contributed by atoms with van der Waals surface area (Å²) in [6.07, 6.45) is 0.766. The van der Waals surface area contributed by atoms with E-state index in [1.165, 1.54) is 0 Å². The normalized spacial score (nSPS) is 12.7. The van der Waals surface area contributed by atoms with Crippen molar-refractivity contribution in [2.75, 3.05) is 7.05 Å². The van der Waals surface area contributed by atoms with E-state index < -0.39 is 0 Å². The standard InChI is InChI=1S/C13H14BrFN2S/c1-8-17-10(7-18-8)6-13(16-2)9-3-4-11(14)12(15)5-9/h3-5,7,13,16H,6H2,1-2H3. The predicted octanol–water partition coefficient (Wildman–Crippen LogP) is 3.86. The molecule has 18 heavy (non-hydrogen) atoms. The fraction of sp³-hybridized carbons (Fsp3) is 0.308. The molecule has 0 bridgehead atoms. The Morgan fingerprint density at radius 3 is 2.83 bits per heavy atom. The molecule has 1 N–H and O–H groups in total. The Bertz CT molecular complexity index is 542. The van der Waals surface area contributed by atoms with Crippen LogP contribution >= 0.6 is 27.3 Å². The Hall–Kier alpha value is -0.780. The van der Waals surface area contributed by atoms with Crippen molar-refractivity contribution >= 4 is 27.3 Å². The van der Waals surface area contributed by atoms with Gasteiger partial charge in [0.15, 0.2) is 0 Å². The average molecular weight is 329 g/mol. The maximum atomic E-state index is 13.5. The second kappa shape index (κ2) is 5.91. The number of likely N-dealkylation sites (N-methyl/N-ethyl adjacent to an activating group) is 1. The largest absolute Gasteiger partial charge is 0.313 e. The molecule has 0 spiro atoms. The maximum absolute atomic E-state index is 13.5. The topological polar surface area (TPSA) is 24.9 Å². The summed E-state index contributed by atoms with van der Waals surface area (Å²) >= 11 is 4.80. The Labute approximate surface area is 118 Å². The van der Waals surface area contributed by atoms with Crippen LogP contribution in [0.25, 0.3) is 0 Å². The number of halogens is 2. The molecule has 0 saturated heterocycles. The van der Waals surface area contributed by atoms with Crippen LogP contribution in [0.2, 0.25) is 0 Å². The molecule has 96 valence electrons. The number of aromatic nitrogens is 1. The van der Waals surface area contributed by atoms with Gasteiger partial charge in [-0.15, -0.1) is 11.3 Å². The molecule has 1 unspecified atom stereocenters. The van der Waals surface area contributed by atoms with E-state index in [-0.39, 0.29) is 11.9 Å². The van der Waals surface area contributed by atoms with Crippen molar-refractivity contribution < 1.29 is 4.39 Å². The van der Waals surface area contributed by atoms with Crippen molar-refractivity contribution in [2.24, 2.45) is 0 Å². The van der Waals surface area contributed by atoms with E-state index in [0.29, 0.717) is 4.47 Å². The van der Waals surface area contributed by atoms with Crippen molar-refractivity contribution in [1.29, 1.82) is 0 Å². The van der Waals surface area contributed by atoms with Crippen LogP contribution in [0.15, 0.2) is 28.1 Å². The minimum Gasteiger partial charge on any atom is -0.313 e. The number of benzene rings is 1. The first-order valence-corrected chi connectivity index (χ1v) is 7.30. The number of thiazole rings is 1. The van der Waals surface area contributed by atoms with Crippen molar-refractivity contribution in [2.45, 2.75) is 19.4 Å². The molecule has 0 fully saturated rings. The van der Waals surface area contributed by atoms with Crippen LogP contribution in [-0.2, 0) is 6.42 Å². The third-order valence-corrected chi connectivity index (χ3v) is 4.24. The van der Waals surface area contributed by atoms with Gasteiger partial charge in [-0.05, 0) is 47.6 Å². The zero-order valence-electron chi connectivity index (χ0n) is 10.2. The molecule has 1 aromatic heterocycles. The lowest BCUT2D eigenvalue weighted by Gasteiger charge is -2.15. The van der Waals surface area contributed by atoms with E-state index in [4.69, 9.17) is 0 Å². The second-order valence-electron chi connectivity index (χ2n) is 4.08. The Morgan fingerprint density at radius 2 is 2.28 bits per heavy atom. The van der Waals surface area contributed by atoms with E-state index in [2.05, 4.69) is 31.6 Å². The van der Waals surface area contributed by atoms with Crippen LogP contribution in [0, 0.1) is 12.7 Å². The monoisotopic (exact) mass is 328 g/mol. The lowest BCUT2D eigenvalue weighted by molar-refractivity contribution is 0.570. The summed E-state index contributed by atoms with van der Waals surface area (Å²) in [5.74, 6) is -0.234. The summed E-state index contributed by atoms with van der Waals surface area (Å²) in [5.41, 5.74) is 1.98. The third-order valence-electron chi connectivity index (χ3n) is 2.77. The van der Waals surface area contributed by atoms with Gasteiger partial charge in [0.2, 0.25) is 0 Å². The maximum Gasteiger partial charge on any atom is 0.137 e. The fourth-order valence-electron chi connectivity index (χ4n) is 1.83. The molecule has 0 amide bonds. The quantitative estimate of drug-likeness (QED) is 0.921. The van der Waals surface area contributed by atoms with E-state index in [1.54, 1.807) is 23.5 Å². The molecule has 2 aromatic rings. The smallest absolute Gasteiger partial charge is 0.137 e. The Morgan fingerprint density at radius 1 is 1.50 bits per heavy atom. The average Bonchev–Trinajstić information content (AvgIpc) is 2.75. The molecule has 0 aliphatic heterocycles. The third kappa shape index (κ3) is 3.16. The predicted molar refractivity (Wildman–Crippen MR) is 76.5 cm³/mol. The number of hydrogen-bond acceptors (Lipinski definition) is 3. The Kier molecular flexibility index (Phi) is 4.48. The fourth-order valence-corrected chi connectivity index (χ4v) is 2.70. The molecule has 0 aliphatic rings. The van der Waals surface area contributed by atoms with Gasteiger partial charge < -0.3 is 5.32 Å². The van der Waals surface area contributed by atoms with Crippen LogP contribution in [0.5, 0.6) is 0 Å². The number of nitrogens with one attached hydrogen (secondary N) is 1. The molecule has 2 rings (SSSR count). The minimum absolute atomic E-state index is 0.0779. The summed E-state index contributed by atoms with van der Waals surface area (Å²) in [6.45, 7) is 1.99. The molecule has 1 aromatic carbocycles. The molecule has 5 heteroatoms. The highest BCUT2D eigenvalue weighted by Gasteiger charge is 2.13. The van der Waals surface area contributed by atoms with Crippen molar-refractivity contribution in [3.8, 4) is 0 Å². The van der Waals surface area contributed by atoms with Gasteiger partial charge in [-0.25, -0.2) is 9.37 Å². The summed E-state index contributed by atoms with van der Waals surface area (Å²) < 4.78 is 14.0. The van der Waals surface area contributed by atoms with Gasteiger partial charge >= 0.3 is 0 Å². The molecular weight excluding hydrogens is 315 g/mol. The van der Waals surface area contributed by atoms with Gasteiger partial charge in [0.25, 0.3) is 0 Å². The van der Waals surface area contributed by atoms with Crippen LogP contribution in [-0.4, -0.2) is 12.0 Å². The highest BCUT2D eigenvalue weighted by Crippen LogP contribution is 2.23. The van der Waals surface area contributed by atoms with E-state index in [1.807, 2.05) is 20.0 Å². The summed E-state index contributed by atoms with van der Waals surface area (Å²) in [6, 6.07) is 5.30. The van der Waals surface area contributed by atoms with Crippen molar-refractivity contribution in [3.63, 3.8) is 0 Å². The number of nitrogens with zero attached hydrogens (tertiary/aromatic N) is 1. The highest BCUT2D eigenvalue weighted by molar-refractivity contribution is 9.10. The van der Waals surface area contributed by atoms with Crippen molar-refractivity contribution in [3.05, 3.63) is 50.1 Å². The Balaban J connectivity index is 2.19. The molecule has 0 aliphatic carbocycles. The molecule has 1 heterocycles. The van der Waals surface area contributed by atoms with Crippen LogP contribution in [0.4, 0.5) is 4.39 Å². The van der Waals surface area contributed by atoms with Crippen molar-refractivity contribution in [1.82, 2.24) is 10.3 Å². The van der Waals surface area contributed by atoms with Crippen LogP contribution in [0.3, 0.4) is 0 Å². The minimum atomic E-state index is -0.234. The number of aryl methyl sites for hydroxylation is 1. The SMILES string of the molecule is CNC(Cc1csc(C)n1)c1ccc(Br)c(F)c1. The number of hydrogen-bond donors (Lipinski definition) is 1. The summed E-state index contributed by atoms with van der Waals surface area (Å²) in [7, 11) is 1.88. The van der Waals surface area contributed by atoms with Gasteiger partial charge in [0, 0.05) is 17.8 Å². The van der Waals surface area contributed by atoms with E-state index in [0.717, 1.165) is 22.7 Å². The van der Waals surface area contributed by atoms with E-state index in [9.17, 15) is 4.39 Å². The first-order chi connectivity index (χ1) is 8.60. The van der Waals surface area contributed by atoms with Gasteiger partial charge in [-0.3, -0.25) is 0 Å². The molecule has 1 atom stereocenters. The van der Waals surface area contributed by atoms with Gasteiger partial charge in [0.1, 0.15) is 5.82 Å². The highest BCUT2D eigenvalue weighted by atomic mass is 79.9. The first kappa shape index (κ1) is 13.6. The van der Waals surface area contributed by atoms with Gasteiger partial charge in [-0.2, -0.15) is 0 Å². The van der Waals surface area contributed by atoms with Gasteiger partial charge in [-0.1, -0.05) is 6.07 Å². The lowest BCUT2D eigenvalue weighted by Crippen LogP contribution is -2.19.